The number of pyridine rings is 10. The predicted molar refractivity (Wildman–Crippen MR) is 602 cm³/mol. The van der Waals surface area contributed by atoms with Gasteiger partial charge in [-0.2, -0.15) is 0 Å². The first-order valence-corrected chi connectivity index (χ1v) is 52.1. The maximum absolute atomic E-state index is 8.74. The summed E-state index contributed by atoms with van der Waals surface area (Å²) in [6.45, 7) is 62.1. The topological polar surface area (TPSA) is 150 Å². The van der Waals surface area contributed by atoms with Gasteiger partial charge < -0.3 is 22.1 Å². The van der Waals surface area contributed by atoms with Crippen LogP contribution in [0.3, 0.4) is 0 Å². The van der Waals surface area contributed by atoms with E-state index in [4.69, 9.17) is 51.6 Å². The zero-order valence-corrected chi connectivity index (χ0v) is 92.5. The monoisotopic (exact) mass is 1940 g/mol. The maximum Gasteiger partial charge on any atom is 0.227 e. The highest BCUT2D eigenvalue weighted by Gasteiger charge is 2.33. The molecule has 0 saturated carbocycles. The van der Waals surface area contributed by atoms with Crippen molar-refractivity contribution in [2.24, 2.45) is 35.2 Å². The van der Waals surface area contributed by atoms with Gasteiger partial charge in [-0.3, -0.25) is 0 Å². The summed E-state index contributed by atoms with van der Waals surface area (Å²) in [5, 5.41) is 10.5. The van der Waals surface area contributed by atoms with E-state index < -0.39 is 30.4 Å². The molecule has 15 nitrogen and oxygen atoms in total. The third kappa shape index (κ3) is 20.2. The van der Waals surface area contributed by atoms with Gasteiger partial charge in [0.25, 0.3) is 0 Å². The van der Waals surface area contributed by atoms with Gasteiger partial charge in [0.1, 0.15) is 35.2 Å². The van der Waals surface area contributed by atoms with Gasteiger partial charge in [0.15, 0.2) is 58.9 Å². The van der Waals surface area contributed by atoms with Crippen LogP contribution in [-0.4, -0.2) is 24.9 Å². The largest absolute Gasteiger partial charge is 0.437 e. The van der Waals surface area contributed by atoms with Crippen LogP contribution in [0.1, 0.15) is 354 Å². The summed E-state index contributed by atoms with van der Waals surface area (Å²) in [7, 11) is 10.2. The lowest BCUT2D eigenvalue weighted by Crippen LogP contribution is -2.32. The molecule has 0 bridgehead atoms. The van der Waals surface area contributed by atoms with Gasteiger partial charge in [-0.05, 0) is 242 Å². The smallest absolute Gasteiger partial charge is 0.227 e. The van der Waals surface area contributed by atoms with Crippen LogP contribution in [0.15, 0.2) is 205 Å². The molecule has 0 aliphatic carbocycles. The Morgan fingerprint density at radius 3 is 0.669 bits per heavy atom. The van der Waals surface area contributed by atoms with Crippen molar-refractivity contribution in [1.82, 2.24) is 24.9 Å². The van der Waals surface area contributed by atoms with Gasteiger partial charge in [-0.15, -0.1) is 0 Å². The quantitative estimate of drug-likeness (QED) is 0.0675. The molecule has 20 rings (SSSR count). The van der Waals surface area contributed by atoms with Crippen molar-refractivity contribution in [3.05, 3.63) is 295 Å². The Morgan fingerprint density at radius 2 is 0.448 bits per heavy atom. The van der Waals surface area contributed by atoms with E-state index in [0.29, 0.717) is 80.8 Å². The molecule has 0 N–H and O–H groups in total. The molecular weight excluding hydrogens is 1780 g/mol. The normalized spacial score (nSPS) is 13.2. The molecule has 145 heavy (non-hydrogen) atoms. The van der Waals surface area contributed by atoms with Crippen molar-refractivity contribution in [3.8, 4) is 56.3 Å². The average Bonchev–Trinajstić information content (AvgIpc) is 1.49. The first kappa shape index (κ1) is 95.1. The Morgan fingerprint density at radius 1 is 0.241 bits per heavy atom. The second kappa shape index (κ2) is 42.7. The number of benzene rings is 5. The van der Waals surface area contributed by atoms with Crippen molar-refractivity contribution in [1.29, 1.82) is 0 Å². The highest BCUT2D eigenvalue weighted by Crippen LogP contribution is 2.46. The summed E-state index contributed by atoms with van der Waals surface area (Å²) in [4.78, 5) is 23.7. The molecule has 0 amide bonds. The first-order valence-electron chi connectivity index (χ1n) is 55.6. The molecule has 15 aromatic heterocycles. The molecule has 0 radical (unpaired) electrons. The molecule has 5 aromatic carbocycles. The Bertz CT molecular complexity index is 8710. The van der Waals surface area contributed by atoms with Crippen molar-refractivity contribution in [3.63, 3.8) is 0 Å². The summed E-state index contributed by atoms with van der Waals surface area (Å²) >= 11 is 0. The van der Waals surface area contributed by atoms with Crippen LogP contribution in [0.5, 0.6) is 0 Å². The van der Waals surface area contributed by atoms with Crippen LogP contribution in [0.25, 0.3) is 167 Å². The number of nitrogens with zero attached hydrogens (tertiary/aromatic N) is 10. The minimum atomic E-state index is -1.55. The zero-order chi connectivity index (χ0) is 111. The lowest BCUT2D eigenvalue weighted by Gasteiger charge is -2.16. The predicted octanol–water partition coefficient (Wildman–Crippen LogP) is 33.0. The molecule has 750 valence electrons. The number of aromatic nitrogens is 10. The summed E-state index contributed by atoms with van der Waals surface area (Å²) < 4.78 is 102. The van der Waals surface area contributed by atoms with E-state index in [-0.39, 0.29) is 0 Å². The van der Waals surface area contributed by atoms with Gasteiger partial charge in [-0.25, -0.2) is 47.8 Å². The summed E-state index contributed by atoms with van der Waals surface area (Å²) in [5.74, 6) is 0.366. The van der Waals surface area contributed by atoms with Crippen molar-refractivity contribution in [2.75, 3.05) is 0 Å². The van der Waals surface area contributed by atoms with Crippen LogP contribution >= 0.6 is 0 Å². The molecule has 20 aromatic rings. The minimum Gasteiger partial charge on any atom is -0.437 e. The van der Waals surface area contributed by atoms with E-state index in [1.54, 1.807) is 41.5 Å². The fourth-order valence-electron chi connectivity index (χ4n) is 20.7. The number of hydrogen-bond acceptors (Lipinski definition) is 10. The molecule has 0 aliphatic rings. The zero-order valence-electron chi connectivity index (χ0n) is 99.5. The third-order valence-electron chi connectivity index (χ3n) is 29.1. The van der Waals surface area contributed by atoms with Crippen LogP contribution < -0.4 is 22.8 Å². The fourth-order valence-corrected chi connectivity index (χ4v) is 20.7. The standard InChI is InChI=1S/C27H33N2O.3C26H31N2O.C25H29N2O/c1-15(2)21-13-24(29(8)14-22(21)16(3)4)25-18(7)9-10-19-20-11-12-23(17(5)6)28-27(20)30-26(19)25;2*1-8-18-10-12-20-19-11-9-17(6)24(25(19)29-26(20)27-18)23-13-21(15(2)3)22(16(4)5)14-28(23)7;1-8-18-14-28(7)23(13-21(18)15(2)3)24-17(6)9-10-19-20-11-12-22(16(4)5)27-26(20)29-25(19)24;1-7-17-14-27(6)22(13-21(17)15(3)4)23-16(5)9-11-19-20-12-10-18(8-2)26-25(20)28-24(19)23/h9-17H,1-8H3;3*9-16H,8H2,1-7H3;9-15H,7-8H2,1-6H3/q5*+1/i;15D;;8D2,15D;7D2,15D. The highest BCUT2D eigenvalue weighted by atomic mass is 16.4. The third-order valence-corrected chi connectivity index (χ3v) is 29.1. The van der Waals surface area contributed by atoms with E-state index in [1.807, 2.05) is 81.5 Å². The minimum absolute atomic E-state index is 0.310. The lowest BCUT2D eigenvalue weighted by molar-refractivity contribution is -0.661. The summed E-state index contributed by atoms with van der Waals surface area (Å²) in [5.41, 5.74) is 39.4. The van der Waals surface area contributed by atoms with Crippen LogP contribution in [0, 0.1) is 34.6 Å². The molecule has 0 unspecified atom stereocenters. The van der Waals surface area contributed by atoms with Crippen LogP contribution in [0.2, 0.25) is 0 Å². The average molecular weight is 1940 g/mol. The number of fused-ring (bicyclic) bond motifs is 15. The van der Waals surface area contributed by atoms with E-state index in [0.717, 1.165) is 203 Å². The molecule has 0 atom stereocenters. The molecular formula is C130H155N10O5+5. The Kier molecular flexibility index (Phi) is 28.0. The Balaban J connectivity index is 0.000000135. The SMILES string of the molecule is CCc1ccc2c(n1)oc1c(-c3cc(C(C)C)c(C(C)C)c[n+]3C)c(C)ccc12.Cc1ccc2c(oc3nc(C(C)C)ccc32)c1-c1cc(C(C)C)c(C(C)C)c[n+]1C.[2H]C(C)(C)c1cc(-c2c(C)ccc3c2oc2nc(CC)ccc23)[n+](C)cc1C(C)C.[2H]C([2H])(C)c1c[n+](C)c(-c2c(C)ccc3c2oc2nc(C(C)C)ccc23)cc1C([2H])(C)C.[2H]C([2H])(C)c1c[n+](C)c(-c2c(C)ccc3c2oc2nc(CC)ccc23)cc1C([2H])(C)C. The molecule has 15 heteroatoms. The maximum atomic E-state index is 8.74. The second-order valence-electron chi connectivity index (χ2n) is 42.7. The molecule has 15 heterocycles. The highest BCUT2D eigenvalue weighted by molar-refractivity contribution is 6.13. The van der Waals surface area contributed by atoms with Crippen molar-refractivity contribution >= 4 is 110 Å². The van der Waals surface area contributed by atoms with E-state index in [2.05, 4.69) is 330 Å². The number of rotatable bonds is 20. The second-order valence-corrected chi connectivity index (χ2v) is 42.7. The fraction of sp³-hybridized carbons (Fsp3) is 0.385. The molecule has 0 aliphatic heterocycles. The summed E-state index contributed by atoms with van der Waals surface area (Å²) in [6.07, 6.45) is 9.93. The van der Waals surface area contributed by atoms with E-state index >= 15 is 0 Å². The van der Waals surface area contributed by atoms with Gasteiger partial charge in [0, 0.05) is 150 Å². The lowest BCUT2D eigenvalue weighted by atomic mass is 9.90. The van der Waals surface area contributed by atoms with Gasteiger partial charge in [-0.1, -0.05) is 234 Å². The van der Waals surface area contributed by atoms with E-state index in [9.17, 15) is 0 Å². The van der Waals surface area contributed by atoms with Crippen molar-refractivity contribution < 1.29 is 54.5 Å². The van der Waals surface area contributed by atoms with Crippen LogP contribution in [-0.2, 0) is 67.2 Å². The first-order chi connectivity index (χ1) is 71.3. The molecule has 0 saturated heterocycles. The molecule has 0 fully saturated rings. The van der Waals surface area contributed by atoms with Gasteiger partial charge >= 0.3 is 0 Å². The van der Waals surface area contributed by atoms with Crippen LogP contribution in [0.4, 0.5) is 0 Å². The number of furan rings is 5. The number of hydrogen-bond donors (Lipinski definition) is 0. The Hall–Kier alpha value is -13.4. The summed E-state index contributed by atoms with van der Waals surface area (Å²) in [6, 6.07) is 53.1. The van der Waals surface area contributed by atoms with E-state index in [1.165, 1.54) is 55.9 Å². The number of aryl methyl sites for hydroxylation is 15. The molecule has 0 spiro atoms. The van der Waals surface area contributed by atoms with Gasteiger partial charge in [0.05, 0.1) is 27.8 Å². The van der Waals surface area contributed by atoms with Crippen molar-refractivity contribution in [2.45, 2.75) is 299 Å². The van der Waals surface area contributed by atoms with Gasteiger partial charge in [0.2, 0.25) is 57.0 Å². The Labute approximate surface area is 869 Å².